The lowest BCUT2D eigenvalue weighted by Gasteiger charge is -2.10. The Labute approximate surface area is 154 Å². The van der Waals surface area contributed by atoms with Crippen LogP contribution < -0.4 is 0 Å². The molecule has 0 saturated heterocycles. The Hall–Kier alpha value is -2.69. The summed E-state index contributed by atoms with van der Waals surface area (Å²) in [5.74, 6) is 0.845. The maximum atomic E-state index is 11.2. The number of fused-ring (bicyclic) bond motifs is 1. The van der Waals surface area contributed by atoms with E-state index in [-0.39, 0.29) is 5.97 Å². The minimum absolute atomic E-state index is 0.157. The highest BCUT2D eigenvalue weighted by Gasteiger charge is 2.14. The zero-order valence-corrected chi connectivity index (χ0v) is 15.9. The number of esters is 1. The fourth-order valence-electron chi connectivity index (χ4n) is 2.94. The van der Waals surface area contributed by atoms with Gasteiger partial charge in [0.1, 0.15) is 11.3 Å². The third-order valence-corrected chi connectivity index (χ3v) is 4.60. The van der Waals surface area contributed by atoms with Gasteiger partial charge in [-0.1, -0.05) is 26.0 Å². The lowest BCUT2D eigenvalue weighted by Crippen LogP contribution is -2.06. The van der Waals surface area contributed by atoms with Gasteiger partial charge in [-0.15, -0.1) is 0 Å². The van der Waals surface area contributed by atoms with Gasteiger partial charge < -0.3 is 4.74 Å². The molecule has 5 heteroatoms. The Balaban J connectivity index is 1.89. The van der Waals surface area contributed by atoms with E-state index in [0.29, 0.717) is 19.4 Å². The summed E-state index contributed by atoms with van der Waals surface area (Å²) in [6.07, 6.45) is 1.97. The van der Waals surface area contributed by atoms with Crippen molar-refractivity contribution in [3.63, 3.8) is 0 Å². The number of imidazole rings is 1. The largest absolute Gasteiger partial charge is 0.465 e. The van der Waals surface area contributed by atoms with Crippen LogP contribution in [0.3, 0.4) is 0 Å². The van der Waals surface area contributed by atoms with Crippen molar-refractivity contribution in [2.75, 3.05) is 6.61 Å². The summed E-state index contributed by atoms with van der Waals surface area (Å²) >= 11 is 0. The molecule has 3 rings (SSSR count). The highest BCUT2D eigenvalue weighted by atomic mass is 16.5. The number of aromatic nitrogens is 3. The Morgan fingerprint density at radius 1 is 1.12 bits per heavy atom. The first kappa shape index (κ1) is 18.1. The van der Waals surface area contributed by atoms with Gasteiger partial charge in [0.05, 0.1) is 6.61 Å². The van der Waals surface area contributed by atoms with Crippen molar-refractivity contribution in [1.29, 1.82) is 0 Å². The van der Waals surface area contributed by atoms with E-state index in [2.05, 4.69) is 48.7 Å². The van der Waals surface area contributed by atoms with Crippen LogP contribution in [0.5, 0.6) is 0 Å². The second-order valence-corrected chi connectivity index (χ2v) is 6.44. The lowest BCUT2D eigenvalue weighted by atomic mass is 10.1. The summed E-state index contributed by atoms with van der Waals surface area (Å²) in [5.41, 5.74) is 6.20. The van der Waals surface area contributed by atoms with Crippen molar-refractivity contribution in [3.8, 4) is 5.69 Å². The Kier molecular flexibility index (Phi) is 5.35. The van der Waals surface area contributed by atoms with Gasteiger partial charge in [0, 0.05) is 30.6 Å². The summed E-state index contributed by atoms with van der Waals surface area (Å²) in [4.78, 5) is 20.7. The topological polar surface area (TPSA) is 57.0 Å². The molecule has 0 spiro atoms. The van der Waals surface area contributed by atoms with E-state index in [1.54, 1.807) is 6.92 Å². The van der Waals surface area contributed by atoms with Crippen molar-refractivity contribution >= 4 is 17.1 Å². The van der Waals surface area contributed by atoms with E-state index in [1.807, 2.05) is 6.92 Å². The quantitative estimate of drug-likeness (QED) is 0.628. The monoisotopic (exact) mass is 351 g/mol. The molecule has 0 aliphatic rings. The molecule has 0 N–H and O–H groups in total. The molecule has 3 aromatic rings. The Bertz CT molecular complexity index is 927. The SMILES string of the molecule is CCC(=O)OCCc1ccc(-n2c(CC)nc3cc(C)c(C)nc32)cc1. The van der Waals surface area contributed by atoms with E-state index < -0.39 is 0 Å². The molecule has 2 heterocycles. The fourth-order valence-corrected chi connectivity index (χ4v) is 2.94. The number of nitrogens with zero attached hydrogens (tertiary/aromatic N) is 3. The highest BCUT2D eigenvalue weighted by molar-refractivity contribution is 5.75. The molecule has 0 saturated carbocycles. The van der Waals surface area contributed by atoms with Crippen LogP contribution in [-0.2, 0) is 22.4 Å². The van der Waals surface area contributed by atoms with Crippen LogP contribution in [0.25, 0.3) is 16.9 Å². The standard InChI is InChI=1S/C21H25N3O2/c1-5-19-23-18-13-14(3)15(4)22-21(18)24(19)17-9-7-16(8-10-17)11-12-26-20(25)6-2/h7-10,13H,5-6,11-12H2,1-4H3. The first-order valence-corrected chi connectivity index (χ1v) is 9.14. The molecule has 26 heavy (non-hydrogen) atoms. The number of carbonyl (C=O) groups excluding carboxylic acids is 1. The minimum Gasteiger partial charge on any atom is -0.465 e. The summed E-state index contributed by atoms with van der Waals surface area (Å²) in [6.45, 7) is 8.41. The van der Waals surface area contributed by atoms with Crippen molar-refractivity contribution in [2.24, 2.45) is 0 Å². The number of rotatable bonds is 6. The van der Waals surface area contributed by atoms with Gasteiger partial charge in [0.25, 0.3) is 0 Å². The molecule has 0 bridgehead atoms. The lowest BCUT2D eigenvalue weighted by molar-refractivity contribution is -0.143. The van der Waals surface area contributed by atoms with Crippen LogP contribution in [0, 0.1) is 13.8 Å². The molecule has 0 amide bonds. The number of benzene rings is 1. The molecule has 1 aromatic carbocycles. The smallest absolute Gasteiger partial charge is 0.305 e. The predicted octanol–water partition coefficient (Wildman–Crippen LogP) is 4.10. The average Bonchev–Trinajstić information content (AvgIpc) is 3.00. The van der Waals surface area contributed by atoms with Gasteiger partial charge in [-0.3, -0.25) is 9.36 Å². The second-order valence-electron chi connectivity index (χ2n) is 6.44. The van der Waals surface area contributed by atoms with Crippen LogP contribution in [0.1, 0.15) is 42.9 Å². The van der Waals surface area contributed by atoms with E-state index in [0.717, 1.165) is 45.9 Å². The van der Waals surface area contributed by atoms with E-state index in [9.17, 15) is 4.79 Å². The zero-order chi connectivity index (χ0) is 18.7. The molecular formula is C21H25N3O2. The van der Waals surface area contributed by atoms with Gasteiger partial charge >= 0.3 is 5.97 Å². The molecule has 0 radical (unpaired) electrons. The van der Waals surface area contributed by atoms with Gasteiger partial charge in [0.2, 0.25) is 0 Å². The number of carbonyl (C=O) groups is 1. The van der Waals surface area contributed by atoms with Crippen LogP contribution >= 0.6 is 0 Å². The molecule has 136 valence electrons. The van der Waals surface area contributed by atoms with E-state index in [4.69, 9.17) is 14.7 Å². The molecule has 0 unspecified atom stereocenters. The Morgan fingerprint density at radius 3 is 2.50 bits per heavy atom. The van der Waals surface area contributed by atoms with Crippen LogP contribution in [0.15, 0.2) is 30.3 Å². The molecule has 5 nitrogen and oxygen atoms in total. The van der Waals surface area contributed by atoms with Crippen LogP contribution in [0.4, 0.5) is 0 Å². The third-order valence-electron chi connectivity index (χ3n) is 4.60. The van der Waals surface area contributed by atoms with Gasteiger partial charge in [-0.2, -0.15) is 0 Å². The molecular weight excluding hydrogens is 326 g/mol. The van der Waals surface area contributed by atoms with Crippen molar-refractivity contribution in [1.82, 2.24) is 14.5 Å². The van der Waals surface area contributed by atoms with Crippen LogP contribution in [-0.4, -0.2) is 27.1 Å². The zero-order valence-electron chi connectivity index (χ0n) is 15.9. The molecule has 0 aliphatic heterocycles. The van der Waals surface area contributed by atoms with Gasteiger partial charge in [-0.05, 0) is 43.2 Å². The molecule has 2 aromatic heterocycles. The van der Waals surface area contributed by atoms with Crippen molar-refractivity contribution in [2.45, 2.75) is 47.0 Å². The second kappa shape index (κ2) is 7.68. The predicted molar refractivity (Wildman–Crippen MR) is 103 cm³/mol. The first-order valence-electron chi connectivity index (χ1n) is 9.14. The summed E-state index contributed by atoms with van der Waals surface area (Å²) in [5, 5.41) is 0. The average molecular weight is 351 g/mol. The minimum atomic E-state index is -0.157. The number of hydrogen-bond donors (Lipinski definition) is 0. The van der Waals surface area contributed by atoms with E-state index in [1.165, 1.54) is 0 Å². The van der Waals surface area contributed by atoms with E-state index >= 15 is 0 Å². The normalized spacial score (nSPS) is 11.1. The maximum Gasteiger partial charge on any atom is 0.305 e. The number of hydrogen-bond acceptors (Lipinski definition) is 4. The van der Waals surface area contributed by atoms with Crippen molar-refractivity contribution in [3.05, 3.63) is 53.0 Å². The summed E-state index contributed by atoms with van der Waals surface area (Å²) < 4.78 is 7.28. The maximum absolute atomic E-state index is 11.2. The number of aryl methyl sites for hydroxylation is 3. The third kappa shape index (κ3) is 3.62. The number of ether oxygens (including phenoxy) is 1. The molecule has 0 atom stereocenters. The molecule has 0 aliphatic carbocycles. The van der Waals surface area contributed by atoms with Gasteiger partial charge in [0.15, 0.2) is 5.65 Å². The Morgan fingerprint density at radius 2 is 1.85 bits per heavy atom. The highest BCUT2D eigenvalue weighted by Crippen LogP contribution is 2.23. The number of pyridine rings is 1. The fraction of sp³-hybridized carbons (Fsp3) is 0.381. The summed E-state index contributed by atoms with van der Waals surface area (Å²) in [6, 6.07) is 10.4. The molecule has 0 fully saturated rings. The summed E-state index contributed by atoms with van der Waals surface area (Å²) in [7, 11) is 0. The van der Waals surface area contributed by atoms with Crippen molar-refractivity contribution < 1.29 is 9.53 Å². The van der Waals surface area contributed by atoms with Crippen LogP contribution in [0.2, 0.25) is 0 Å². The van der Waals surface area contributed by atoms with Gasteiger partial charge in [-0.25, -0.2) is 9.97 Å². The first-order chi connectivity index (χ1) is 12.5.